The fraction of sp³-hybridized carbons (Fsp3) is 0.643. The molecule has 0 aliphatic carbocycles. The van der Waals surface area contributed by atoms with Crippen LogP contribution in [-0.4, -0.2) is 36.4 Å². The van der Waals surface area contributed by atoms with Gasteiger partial charge < -0.3 is 14.8 Å². The lowest BCUT2D eigenvalue weighted by Gasteiger charge is -2.24. The van der Waals surface area contributed by atoms with Crippen molar-refractivity contribution in [3.05, 3.63) is 12.7 Å². The molecule has 0 aliphatic rings. The molecule has 0 saturated carbocycles. The molecular formula is C14H25N2O4P. The summed E-state index contributed by atoms with van der Waals surface area (Å²) in [6, 6.07) is -1.28. The number of amides is 1. The van der Waals surface area contributed by atoms with Gasteiger partial charge in [0.05, 0.1) is 6.04 Å². The number of Topliss-reactive ketones (excluding diaryl/α,β-unsaturated/α-hetero) is 1. The molecule has 0 fully saturated rings. The summed E-state index contributed by atoms with van der Waals surface area (Å²) in [4.78, 5) is 35.4. The Morgan fingerprint density at radius 3 is 2.43 bits per heavy atom. The van der Waals surface area contributed by atoms with E-state index >= 15 is 0 Å². The van der Waals surface area contributed by atoms with E-state index in [9.17, 15) is 14.4 Å². The van der Waals surface area contributed by atoms with Gasteiger partial charge in [0.2, 0.25) is 5.91 Å². The second-order valence-electron chi connectivity index (χ2n) is 4.92. The topological polar surface area (TPSA) is 84.5 Å². The Hall–Kier alpha value is -1.26. The van der Waals surface area contributed by atoms with Crippen LogP contribution in [0.15, 0.2) is 12.7 Å². The van der Waals surface area contributed by atoms with Crippen molar-refractivity contribution in [2.45, 2.75) is 45.7 Å². The molecule has 4 atom stereocenters. The third-order valence-corrected chi connectivity index (χ3v) is 3.40. The molecule has 1 amide bonds. The predicted molar refractivity (Wildman–Crippen MR) is 84.5 cm³/mol. The molecule has 0 aromatic carbocycles. The number of nitrogens with one attached hydrogen (secondary N) is 2. The third kappa shape index (κ3) is 7.34. The molecule has 0 aromatic heterocycles. The summed E-state index contributed by atoms with van der Waals surface area (Å²) in [5.74, 6) is -1.25. The van der Waals surface area contributed by atoms with Crippen LogP contribution < -0.4 is 10.4 Å². The third-order valence-electron chi connectivity index (χ3n) is 3.00. The number of rotatable bonds is 10. The fourth-order valence-corrected chi connectivity index (χ4v) is 2.26. The van der Waals surface area contributed by atoms with Crippen LogP contribution in [-0.2, 0) is 19.1 Å². The Labute approximate surface area is 128 Å². The van der Waals surface area contributed by atoms with E-state index in [4.69, 9.17) is 4.74 Å². The Morgan fingerprint density at radius 1 is 1.38 bits per heavy atom. The smallest absolute Gasteiger partial charge is 0.329 e. The van der Waals surface area contributed by atoms with Crippen molar-refractivity contribution >= 4 is 27.1 Å². The first-order chi connectivity index (χ1) is 9.87. The number of carbonyl (C=O) groups excluding carboxylic acids is 3. The highest BCUT2D eigenvalue weighted by Gasteiger charge is 2.30. The molecule has 120 valence electrons. The Balaban J connectivity index is 4.94. The number of hydrogen-bond acceptors (Lipinski definition) is 5. The molecule has 0 rings (SSSR count). The highest BCUT2D eigenvalue weighted by atomic mass is 31.0. The van der Waals surface area contributed by atoms with Crippen LogP contribution in [0.5, 0.6) is 0 Å². The molecule has 0 heterocycles. The SMILES string of the molecule is C=CCOC(=O)C(NC(=O)C(CC)NP)C(C)CC(C)=O. The summed E-state index contributed by atoms with van der Waals surface area (Å²) in [5.41, 5.74) is 0. The minimum Gasteiger partial charge on any atom is -0.460 e. The van der Waals surface area contributed by atoms with Crippen LogP contribution >= 0.6 is 9.39 Å². The molecule has 0 bridgehead atoms. The van der Waals surface area contributed by atoms with Crippen LogP contribution in [0.3, 0.4) is 0 Å². The average Bonchev–Trinajstić information content (AvgIpc) is 2.42. The van der Waals surface area contributed by atoms with E-state index in [0.717, 1.165) is 0 Å². The van der Waals surface area contributed by atoms with Crippen molar-refractivity contribution in [2.24, 2.45) is 5.92 Å². The molecule has 7 heteroatoms. The van der Waals surface area contributed by atoms with Crippen molar-refractivity contribution in [3.63, 3.8) is 0 Å². The zero-order valence-electron chi connectivity index (χ0n) is 12.8. The van der Waals surface area contributed by atoms with Gasteiger partial charge in [0, 0.05) is 6.42 Å². The van der Waals surface area contributed by atoms with Gasteiger partial charge in [-0.1, -0.05) is 35.9 Å². The number of ether oxygens (including phenoxy) is 1. The van der Waals surface area contributed by atoms with Crippen molar-refractivity contribution in [1.82, 2.24) is 10.4 Å². The summed E-state index contributed by atoms with van der Waals surface area (Å²) in [6.45, 7) is 8.57. The maximum absolute atomic E-state index is 12.1. The lowest BCUT2D eigenvalue weighted by Crippen LogP contribution is -2.51. The first-order valence-electron chi connectivity index (χ1n) is 6.90. The molecule has 0 spiro atoms. The Kier molecular flexibility index (Phi) is 9.84. The van der Waals surface area contributed by atoms with E-state index in [1.165, 1.54) is 13.0 Å². The summed E-state index contributed by atoms with van der Waals surface area (Å²) < 4.78 is 5.00. The maximum atomic E-state index is 12.1. The predicted octanol–water partition coefficient (Wildman–Crippen LogP) is 0.974. The first kappa shape index (κ1) is 19.7. The van der Waals surface area contributed by atoms with Crippen molar-refractivity contribution in [2.75, 3.05) is 6.61 Å². The summed E-state index contributed by atoms with van der Waals surface area (Å²) in [5, 5.41) is 5.44. The van der Waals surface area contributed by atoms with E-state index in [-0.39, 0.29) is 30.6 Å². The van der Waals surface area contributed by atoms with Gasteiger partial charge >= 0.3 is 5.97 Å². The normalized spacial score (nSPS) is 14.7. The number of carbonyl (C=O) groups is 3. The molecule has 6 nitrogen and oxygen atoms in total. The van der Waals surface area contributed by atoms with Crippen LogP contribution in [0.2, 0.25) is 0 Å². The van der Waals surface area contributed by atoms with Gasteiger partial charge in [0.15, 0.2) is 0 Å². The number of hydrogen-bond donors (Lipinski definition) is 2. The summed E-state index contributed by atoms with van der Waals surface area (Å²) >= 11 is 0. The highest BCUT2D eigenvalue weighted by molar-refractivity contribution is 7.13. The molecule has 21 heavy (non-hydrogen) atoms. The van der Waals surface area contributed by atoms with Crippen LogP contribution in [0, 0.1) is 5.92 Å². The lowest BCUT2D eigenvalue weighted by atomic mass is 9.96. The largest absolute Gasteiger partial charge is 0.460 e. The lowest BCUT2D eigenvalue weighted by molar-refractivity contribution is -0.148. The monoisotopic (exact) mass is 316 g/mol. The minimum absolute atomic E-state index is 0.0468. The summed E-state index contributed by atoms with van der Waals surface area (Å²) in [6.07, 6.45) is 2.22. The van der Waals surface area contributed by atoms with Gasteiger partial charge in [-0.05, 0) is 19.3 Å². The van der Waals surface area contributed by atoms with E-state index in [1.807, 2.05) is 6.92 Å². The Bertz CT molecular complexity index is 383. The van der Waals surface area contributed by atoms with Crippen molar-refractivity contribution in [3.8, 4) is 0 Å². The Morgan fingerprint density at radius 2 is 2.00 bits per heavy atom. The maximum Gasteiger partial charge on any atom is 0.329 e. The average molecular weight is 316 g/mol. The fourth-order valence-electron chi connectivity index (χ4n) is 1.87. The van der Waals surface area contributed by atoms with Gasteiger partial charge in [-0.2, -0.15) is 0 Å². The molecule has 0 radical (unpaired) electrons. The second-order valence-corrected chi connectivity index (χ2v) is 5.25. The zero-order chi connectivity index (χ0) is 16.4. The molecule has 2 N–H and O–H groups in total. The van der Waals surface area contributed by atoms with E-state index in [1.54, 1.807) is 6.92 Å². The number of esters is 1. The van der Waals surface area contributed by atoms with Crippen molar-refractivity contribution in [1.29, 1.82) is 0 Å². The number of ketones is 1. The zero-order valence-corrected chi connectivity index (χ0v) is 14.0. The van der Waals surface area contributed by atoms with E-state index in [2.05, 4.69) is 26.4 Å². The molecule has 0 aliphatic heterocycles. The van der Waals surface area contributed by atoms with Gasteiger partial charge in [-0.25, -0.2) is 4.79 Å². The molecule has 4 unspecified atom stereocenters. The highest BCUT2D eigenvalue weighted by Crippen LogP contribution is 2.12. The second kappa shape index (κ2) is 10.5. The first-order valence-corrected chi connectivity index (χ1v) is 7.48. The van der Waals surface area contributed by atoms with Crippen LogP contribution in [0.4, 0.5) is 0 Å². The summed E-state index contributed by atoms with van der Waals surface area (Å²) in [7, 11) is 2.28. The van der Waals surface area contributed by atoms with E-state index < -0.39 is 18.1 Å². The molecule has 0 aromatic rings. The van der Waals surface area contributed by atoms with Crippen LogP contribution in [0.25, 0.3) is 0 Å². The van der Waals surface area contributed by atoms with Crippen molar-refractivity contribution < 1.29 is 19.1 Å². The van der Waals surface area contributed by atoms with Crippen LogP contribution in [0.1, 0.15) is 33.6 Å². The van der Waals surface area contributed by atoms with Gasteiger partial charge in [0.1, 0.15) is 18.4 Å². The van der Waals surface area contributed by atoms with Gasteiger partial charge in [-0.3, -0.25) is 9.88 Å². The van der Waals surface area contributed by atoms with Gasteiger partial charge in [-0.15, -0.1) is 0 Å². The molecular weight excluding hydrogens is 291 g/mol. The van der Waals surface area contributed by atoms with Gasteiger partial charge in [0.25, 0.3) is 0 Å². The quantitative estimate of drug-likeness (QED) is 0.356. The molecule has 0 saturated heterocycles. The van der Waals surface area contributed by atoms with E-state index in [0.29, 0.717) is 6.42 Å². The standard InChI is InChI=1S/C14H25N2O4P/c1-5-7-20-14(19)12(9(3)8-10(4)17)15-13(18)11(6-2)16-21/h5,9,11-12,16H,1,6-8,21H2,2-4H3,(H,15,18). The minimum atomic E-state index is -0.853.